The van der Waals surface area contributed by atoms with Crippen molar-refractivity contribution < 1.29 is 9.53 Å². The van der Waals surface area contributed by atoms with E-state index in [1.807, 2.05) is 32.0 Å². The second-order valence-electron chi connectivity index (χ2n) is 3.36. The van der Waals surface area contributed by atoms with Gasteiger partial charge in [-0.2, -0.15) is 0 Å². The van der Waals surface area contributed by atoms with Crippen LogP contribution in [0.5, 0.6) is 0 Å². The number of ether oxygens (including phenoxy) is 1. The molecule has 0 aliphatic carbocycles. The number of esters is 1. The Kier molecular flexibility index (Phi) is 3.50. The summed E-state index contributed by atoms with van der Waals surface area (Å²) in [7, 11) is 1.33. The lowest BCUT2D eigenvalue weighted by molar-refractivity contribution is -0.135. The minimum Gasteiger partial charge on any atom is -0.464 e. The van der Waals surface area contributed by atoms with Crippen LogP contribution in [-0.2, 0) is 9.53 Å². The summed E-state index contributed by atoms with van der Waals surface area (Å²) >= 11 is 0. The molecule has 1 aromatic rings. The Morgan fingerprint density at radius 2 is 1.87 bits per heavy atom. The maximum absolute atomic E-state index is 11.2. The maximum atomic E-state index is 11.2. The molecule has 80 valence electrons. The summed E-state index contributed by atoms with van der Waals surface area (Å²) in [5.74, 6) is -0.447. The molecule has 0 aliphatic heterocycles. The molecule has 15 heavy (non-hydrogen) atoms. The standard InChI is InChI=1S/C12H15NO2/c1-8-6-5-7-9(2)11(8)13-10(3)12(14)15-4/h5-7,13H,3H2,1-2,4H3. The lowest BCUT2D eigenvalue weighted by Crippen LogP contribution is -2.12. The van der Waals surface area contributed by atoms with E-state index >= 15 is 0 Å². The molecule has 3 heteroatoms. The van der Waals surface area contributed by atoms with Gasteiger partial charge < -0.3 is 10.1 Å². The Morgan fingerprint density at radius 3 is 2.33 bits per heavy atom. The molecule has 0 bridgehead atoms. The number of benzene rings is 1. The van der Waals surface area contributed by atoms with Gasteiger partial charge in [0.1, 0.15) is 5.70 Å². The average molecular weight is 205 g/mol. The molecule has 0 saturated carbocycles. The molecule has 0 fully saturated rings. The molecule has 0 spiro atoms. The van der Waals surface area contributed by atoms with Crippen molar-refractivity contribution in [3.8, 4) is 0 Å². The molecule has 3 nitrogen and oxygen atoms in total. The SMILES string of the molecule is C=C(Nc1c(C)cccc1C)C(=O)OC. The first-order valence-corrected chi connectivity index (χ1v) is 4.66. The Balaban J connectivity index is 2.90. The van der Waals surface area contributed by atoms with Gasteiger partial charge in [-0.25, -0.2) is 4.79 Å². The first kappa shape index (κ1) is 11.3. The summed E-state index contributed by atoms with van der Waals surface area (Å²) in [6.07, 6.45) is 0. The number of rotatable bonds is 3. The van der Waals surface area contributed by atoms with Gasteiger partial charge in [0.25, 0.3) is 0 Å². The Hall–Kier alpha value is -1.77. The Bertz CT molecular complexity index is 376. The van der Waals surface area contributed by atoms with E-state index in [-0.39, 0.29) is 5.70 Å². The number of hydrogen-bond donors (Lipinski definition) is 1. The zero-order valence-corrected chi connectivity index (χ0v) is 9.26. The van der Waals surface area contributed by atoms with Crippen molar-refractivity contribution in [2.45, 2.75) is 13.8 Å². The van der Waals surface area contributed by atoms with Gasteiger partial charge in [-0.05, 0) is 25.0 Å². The molecule has 0 saturated heterocycles. The van der Waals surface area contributed by atoms with E-state index in [0.717, 1.165) is 16.8 Å². The highest BCUT2D eigenvalue weighted by Gasteiger charge is 2.09. The van der Waals surface area contributed by atoms with E-state index in [2.05, 4.69) is 16.6 Å². The monoisotopic (exact) mass is 205 g/mol. The van der Waals surface area contributed by atoms with Crippen molar-refractivity contribution in [3.05, 3.63) is 41.6 Å². The third-order valence-corrected chi connectivity index (χ3v) is 2.19. The van der Waals surface area contributed by atoms with Crippen molar-refractivity contribution in [2.24, 2.45) is 0 Å². The summed E-state index contributed by atoms with van der Waals surface area (Å²) in [6, 6.07) is 5.91. The minimum atomic E-state index is -0.447. The predicted molar refractivity (Wildman–Crippen MR) is 60.7 cm³/mol. The molecular formula is C12H15NO2. The number of para-hydroxylation sites is 1. The largest absolute Gasteiger partial charge is 0.464 e. The van der Waals surface area contributed by atoms with Gasteiger partial charge in [0.05, 0.1) is 7.11 Å². The Labute approximate surface area is 89.8 Å². The molecule has 0 radical (unpaired) electrons. The molecule has 0 amide bonds. The van der Waals surface area contributed by atoms with E-state index in [1.54, 1.807) is 0 Å². The van der Waals surface area contributed by atoms with Crippen molar-refractivity contribution in [1.29, 1.82) is 0 Å². The topological polar surface area (TPSA) is 38.3 Å². The van der Waals surface area contributed by atoms with Crippen LogP contribution in [0.1, 0.15) is 11.1 Å². The first-order valence-electron chi connectivity index (χ1n) is 4.66. The number of nitrogens with one attached hydrogen (secondary N) is 1. The molecule has 0 aliphatic rings. The number of anilines is 1. The second kappa shape index (κ2) is 4.64. The molecular weight excluding hydrogens is 190 g/mol. The van der Waals surface area contributed by atoms with Crippen molar-refractivity contribution in [1.82, 2.24) is 0 Å². The summed E-state index contributed by atoms with van der Waals surface area (Å²) < 4.78 is 4.56. The maximum Gasteiger partial charge on any atom is 0.353 e. The summed E-state index contributed by atoms with van der Waals surface area (Å²) in [4.78, 5) is 11.2. The third kappa shape index (κ3) is 2.59. The van der Waals surface area contributed by atoms with Crippen molar-refractivity contribution >= 4 is 11.7 Å². The molecule has 1 rings (SSSR count). The van der Waals surface area contributed by atoms with E-state index in [9.17, 15) is 4.79 Å². The predicted octanol–water partition coefficient (Wildman–Crippen LogP) is 2.40. The smallest absolute Gasteiger partial charge is 0.353 e. The van der Waals surface area contributed by atoms with Gasteiger partial charge in [0.15, 0.2) is 0 Å². The van der Waals surface area contributed by atoms with Gasteiger partial charge in [-0.1, -0.05) is 24.8 Å². The van der Waals surface area contributed by atoms with Crippen LogP contribution < -0.4 is 5.32 Å². The fourth-order valence-electron chi connectivity index (χ4n) is 1.34. The normalized spacial score (nSPS) is 9.53. The number of aryl methyl sites for hydroxylation is 2. The van der Waals surface area contributed by atoms with E-state index in [4.69, 9.17) is 0 Å². The number of carbonyl (C=O) groups is 1. The van der Waals surface area contributed by atoms with Gasteiger partial charge >= 0.3 is 5.97 Å². The second-order valence-corrected chi connectivity index (χ2v) is 3.36. The zero-order chi connectivity index (χ0) is 11.4. The van der Waals surface area contributed by atoms with Gasteiger partial charge in [0.2, 0.25) is 0 Å². The lowest BCUT2D eigenvalue weighted by Gasteiger charge is -2.12. The van der Waals surface area contributed by atoms with E-state index in [1.165, 1.54) is 7.11 Å². The van der Waals surface area contributed by atoms with Crippen LogP contribution in [0.3, 0.4) is 0 Å². The van der Waals surface area contributed by atoms with Crippen molar-refractivity contribution in [2.75, 3.05) is 12.4 Å². The van der Waals surface area contributed by atoms with Crippen LogP contribution >= 0.6 is 0 Å². The van der Waals surface area contributed by atoms with Crippen LogP contribution in [0, 0.1) is 13.8 Å². The number of carbonyl (C=O) groups excluding carboxylic acids is 1. The molecule has 0 atom stereocenters. The quantitative estimate of drug-likeness (QED) is 0.608. The van der Waals surface area contributed by atoms with Gasteiger partial charge in [0, 0.05) is 5.69 Å². The van der Waals surface area contributed by atoms with Crippen LogP contribution in [0.25, 0.3) is 0 Å². The lowest BCUT2D eigenvalue weighted by atomic mass is 10.1. The van der Waals surface area contributed by atoms with Crippen LogP contribution in [0.4, 0.5) is 5.69 Å². The molecule has 0 heterocycles. The first-order chi connectivity index (χ1) is 7.06. The summed E-state index contributed by atoms with van der Waals surface area (Å²) in [5, 5.41) is 2.96. The minimum absolute atomic E-state index is 0.245. The molecule has 1 aromatic carbocycles. The summed E-state index contributed by atoms with van der Waals surface area (Å²) in [5.41, 5.74) is 3.29. The van der Waals surface area contributed by atoms with Crippen LogP contribution in [-0.4, -0.2) is 13.1 Å². The van der Waals surface area contributed by atoms with Crippen LogP contribution in [0.15, 0.2) is 30.5 Å². The number of hydrogen-bond acceptors (Lipinski definition) is 3. The molecule has 0 aromatic heterocycles. The summed E-state index contributed by atoms with van der Waals surface area (Å²) in [6.45, 7) is 7.56. The van der Waals surface area contributed by atoms with E-state index in [0.29, 0.717) is 0 Å². The van der Waals surface area contributed by atoms with Gasteiger partial charge in [-0.15, -0.1) is 0 Å². The van der Waals surface area contributed by atoms with Crippen LogP contribution in [0.2, 0.25) is 0 Å². The third-order valence-electron chi connectivity index (χ3n) is 2.19. The fraction of sp³-hybridized carbons (Fsp3) is 0.250. The zero-order valence-electron chi connectivity index (χ0n) is 9.26. The van der Waals surface area contributed by atoms with Gasteiger partial charge in [-0.3, -0.25) is 0 Å². The highest BCUT2D eigenvalue weighted by molar-refractivity contribution is 5.91. The Morgan fingerprint density at radius 1 is 1.33 bits per heavy atom. The molecule has 0 unspecified atom stereocenters. The molecule has 1 N–H and O–H groups in total. The number of methoxy groups -OCH3 is 1. The fourth-order valence-corrected chi connectivity index (χ4v) is 1.34. The van der Waals surface area contributed by atoms with Crippen molar-refractivity contribution in [3.63, 3.8) is 0 Å². The van der Waals surface area contributed by atoms with E-state index < -0.39 is 5.97 Å². The highest BCUT2D eigenvalue weighted by Crippen LogP contribution is 2.20. The highest BCUT2D eigenvalue weighted by atomic mass is 16.5. The average Bonchev–Trinajstić information content (AvgIpc) is 2.22.